The van der Waals surface area contributed by atoms with E-state index >= 15 is 0 Å². The second kappa shape index (κ2) is 2.61. The Hall–Kier alpha value is -0.810. The molecule has 1 amide bonds. The van der Waals surface area contributed by atoms with Gasteiger partial charge in [0.05, 0.1) is 5.54 Å². The molecule has 14 heavy (non-hydrogen) atoms. The monoisotopic (exact) mass is 198 g/mol. The Labute approximate surface area is 82.1 Å². The van der Waals surface area contributed by atoms with Crippen molar-refractivity contribution in [2.45, 2.75) is 24.0 Å². The van der Waals surface area contributed by atoms with Crippen molar-refractivity contribution >= 4 is 6.09 Å². The molecule has 3 aliphatic heterocycles. The molecule has 0 saturated carbocycles. The summed E-state index contributed by atoms with van der Waals surface area (Å²) in [7, 11) is 0. The lowest BCUT2D eigenvalue weighted by Crippen LogP contribution is -2.73. The smallest absolute Gasteiger partial charge is 0.408 e. The molecule has 3 heterocycles. The maximum atomic E-state index is 11.3. The maximum Gasteiger partial charge on any atom is 0.408 e. The molecule has 0 bridgehead atoms. The summed E-state index contributed by atoms with van der Waals surface area (Å²) in [6.45, 7) is 2.97. The molecule has 0 aromatic carbocycles. The highest BCUT2D eigenvalue weighted by molar-refractivity contribution is 5.73. The molecule has 5 nitrogen and oxygen atoms in total. The van der Waals surface area contributed by atoms with Crippen LogP contribution in [0.1, 0.15) is 12.8 Å². The highest BCUT2D eigenvalue weighted by atomic mass is 16.6. The maximum absolute atomic E-state index is 11.3. The van der Waals surface area contributed by atoms with Gasteiger partial charge in [-0.25, -0.2) is 4.79 Å². The highest BCUT2D eigenvalue weighted by Gasteiger charge is 2.63. The number of nitrogens with one attached hydrogen (secondary N) is 2. The van der Waals surface area contributed by atoms with Gasteiger partial charge in [-0.3, -0.25) is 0 Å². The van der Waals surface area contributed by atoms with Crippen LogP contribution in [0.25, 0.3) is 0 Å². The van der Waals surface area contributed by atoms with Crippen molar-refractivity contribution in [2.75, 3.05) is 26.3 Å². The van der Waals surface area contributed by atoms with Crippen molar-refractivity contribution in [3.05, 3.63) is 0 Å². The zero-order chi connectivity index (χ0) is 9.65. The van der Waals surface area contributed by atoms with E-state index in [1.165, 1.54) is 0 Å². The minimum atomic E-state index is -0.298. The predicted octanol–water partition coefficient (Wildman–Crippen LogP) is -0.383. The predicted molar refractivity (Wildman–Crippen MR) is 48.0 cm³/mol. The van der Waals surface area contributed by atoms with Gasteiger partial charge in [0.1, 0.15) is 0 Å². The minimum Gasteiger partial charge on any atom is -0.438 e. The van der Waals surface area contributed by atoms with Crippen LogP contribution in [-0.2, 0) is 9.47 Å². The standard InChI is InChI=1S/C9H14N2O3/c12-7-11-8(1-3-13-4-2-8)9(14-7)5-10-6-9/h10H,1-6H2,(H,11,12). The summed E-state index contributed by atoms with van der Waals surface area (Å²) in [6.07, 6.45) is 1.45. The average molecular weight is 198 g/mol. The van der Waals surface area contributed by atoms with Gasteiger partial charge in [-0.1, -0.05) is 0 Å². The second-order valence-electron chi connectivity index (χ2n) is 4.31. The van der Waals surface area contributed by atoms with Gasteiger partial charge in [0, 0.05) is 26.3 Å². The Bertz CT molecular complexity index is 269. The summed E-state index contributed by atoms with van der Waals surface area (Å²) in [5, 5.41) is 6.16. The molecule has 2 N–H and O–H groups in total. The van der Waals surface area contributed by atoms with Crippen molar-refractivity contribution in [3.8, 4) is 0 Å². The Morgan fingerprint density at radius 3 is 2.50 bits per heavy atom. The minimum absolute atomic E-state index is 0.173. The van der Waals surface area contributed by atoms with Crippen LogP contribution in [0.5, 0.6) is 0 Å². The van der Waals surface area contributed by atoms with Gasteiger partial charge >= 0.3 is 6.09 Å². The molecule has 78 valence electrons. The summed E-state index contributed by atoms with van der Waals surface area (Å²) in [5.41, 5.74) is -0.471. The van der Waals surface area contributed by atoms with Crippen LogP contribution < -0.4 is 10.6 Å². The quantitative estimate of drug-likeness (QED) is 0.557. The largest absolute Gasteiger partial charge is 0.438 e. The fraction of sp³-hybridized carbons (Fsp3) is 0.889. The van der Waals surface area contributed by atoms with E-state index < -0.39 is 0 Å². The molecule has 0 aliphatic carbocycles. The molecule has 3 aliphatic rings. The van der Waals surface area contributed by atoms with Gasteiger partial charge < -0.3 is 20.1 Å². The Morgan fingerprint density at radius 2 is 1.93 bits per heavy atom. The number of carbonyl (C=O) groups excluding carboxylic acids is 1. The fourth-order valence-corrected chi connectivity index (χ4v) is 2.67. The van der Waals surface area contributed by atoms with Crippen molar-refractivity contribution in [1.29, 1.82) is 0 Å². The molecule has 0 aromatic rings. The van der Waals surface area contributed by atoms with Crippen LogP contribution in [0.15, 0.2) is 0 Å². The molecule has 3 saturated heterocycles. The lowest BCUT2D eigenvalue weighted by atomic mass is 9.71. The number of ether oxygens (including phenoxy) is 2. The van der Waals surface area contributed by atoms with Crippen LogP contribution in [0, 0.1) is 0 Å². The molecule has 0 aromatic heterocycles. The van der Waals surface area contributed by atoms with E-state index in [1.807, 2.05) is 0 Å². The van der Waals surface area contributed by atoms with Crippen molar-refractivity contribution < 1.29 is 14.3 Å². The molecule has 2 spiro atoms. The third-order valence-corrected chi connectivity index (χ3v) is 3.67. The Kier molecular flexibility index (Phi) is 1.58. The lowest BCUT2D eigenvalue weighted by molar-refractivity contribution is -0.0815. The number of hydrogen-bond donors (Lipinski definition) is 2. The molecule has 3 rings (SSSR count). The summed E-state index contributed by atoms with van der Waals surface area (Å²) in [5.74, 6) is 0. The third kappa shape index (κ3) is 0.887. The number of hydrogen-bond acceptors (Lipinski definition) is 4. The SMILES string of the molecule is O=C1NC2(CCOCC2)C2(CNC2)O1. The molecule has 0 atom stereocenters. The summed E-state index contributed by atoms with van der Waals surface area (Å²) >= 11 is 0. The van der Waals surface area contributed by atoms with E-state index in [0.29, 0.717) is 13.2 Å². The normalized spacial score (nSPS) is 32.4. The molecular weight excluding hydrogens is 184 g/mol. The van der Waals surface area contributed by atoms with Gasteiger partial charge in [-0.05, 0) is 12.8 Å². The molecule has 5 heteroatoms. The van der Waals surface area contributed by atoms with E-state index in [2.05, 4.69) is 10.6 Å². The van der Waals surface area contributed by atoms with Crippen LogP contribution in [0.3, 0.4) is 0 Å². The topological polar surface area (TPSA) is 59.6 Å². The summed E-state index contributed by atoms with van der Waals surface area (Å²) in [6, 6.07) is 0. The second-order valence-corrected chi connectivity index (χ2v) is 4.31. The number of rotatable bonds is 0. The van der Waals surface area contributed by atoms with E-state index in [9.17, 15) is 4.79 Å². The first-order valence-corrected chi connectivity index (χ1v) is 5.06. The molecule has 3 fully saturated rings. The highest BCUT2D eigenvalue weighted by Crippen LogP contribution is 2.41. The zero-order valence-corrected chi connectivity index (χ0v) is 7.97. The van der Waals surface area contributed by atoms with Crippen molar-refractivity contribution in [2.24, 2.45) is 0 Å². The van der Waals surface area contributed by atoms with Gasteiger partial charge in [-0.15, -0.1) is 0 Å². The van der Waals surface area contributed by atoms with Crippen molar-refractivity contribution in [1.82, 2.24) is 10.6 Å². The van der Waals surface area contributed by atoms with Gasteiger partial charge in [0.25, 0.3) is 0 Å². The van der Waals surface area contributed by atoms with Crippen LogP contribution in [-0.4, -0.2) is 43.5 Å². The van der Waals surface area contributed by atoms with E-state index in [0.717, 1.165) is 25.9 Å². The van der Waals surface area contributed by atoms with Gasteiger partial charge in [-0.2, -0.15) is 0 Å². The summed E-state index contributed by atoms with van der Waals surface area (Å²) < 4.78 is 10.7. The van der Waals surface area contributed by atoms with E-state index in [-0.39, 0.29) is 17.2 Å². The number of amides is 1. The zero-order valence-electron chi connectivity index (χ0n) is 7.97. The lowest BCUT2D eigenvalue weighted by Gasteiger charge is -2.50. The first kappa shape index (κ1) is 8.49. The van der Waals surface area contributed by atoms with E-state index in [1.54, 1.807) is 0 Å². The van der Waals surface area contributed by atoms with Gasteiger partial charge in [0.15, 0.2) is 5.60 Å². The number of alkyl carbamates (subject to hydrolysis) is 1. The number of carbonyl (C=O) groups is 1. The molecular formula is C9H14N2O3. The van der Waals surface area contributed by atoms with Crippen LogP contribution in [0.2, 0.25) is 0 Å². The first-order chi connectivity index (χ1) is 6.77. The summed E-state index contributed by atoms with van der Waals surface area (Å²) in [4.78, 5) is 11.3. The molecule has 0 unspecified atom stereocenters. The van der Waals surface area contributed by atoms with E-state index in [4.69, 9.17) is 9.47 Å². The average Bonchev–Trinajstić information content (AvgIpc) is 2.39. The Morgan fingerprint density at radius 1 is 1.21 bits per heavy atom. The number of fused-ring (bicyclic) bond motifs is 1. The van der Waals surface area contributed by atoms with Crippen LogP contribution >= 0.6 is 0 Å². The fourth-order valence-electron chi connectivity index (χ4n) is 2.67. The first-order valence-electron chi connectivity index (χ1n) is 5.06. The van der Waals surface area contributed by atoms with Crippen molar-refractivity contribution in [3.63, 3.8) is 0 Å². The van der Waals surface area contributed by atoms with Crippen LogP contribution in [0.4, 0.5) is 4.79 Å². The van der Waals surface area contributed by atoms with Gasteiger partial charge in [0.2, 0.25) is 0 Å². The Balaban J connectivity index is 1.91. The molecule has 0 radical (unpaired) electrons. The third-order valence-electron chi connectivity index (χ3n) is 3.67.